The van der Waals surface area contributed by atoms with Crippen molar-refractivity contribution >= 4 is 10.0 Å². The molecule has 0 bridgehead atoms. The molecule has 0 amide bonds. The van der Waals surface area contributed by atoms with Gasteiger partial charge in [-0.2, -0.15) is 5.26 Å². The summed E-state index contributed by atoms with van der Waals surface area (Å²) in [5.74, 6) is 1.36. The lowest BCUT2D eigenvalue weighted by atomic mass is 10.00. The van der Waals surface area contributed by atoms with Crippen LogP contribution in [0.4, 0.5) is 0 Å². The van der Waals surface area contributed by atoms with Crippen LogP contribution >= 0.6 is 0 Å². The Kier molecular flexibility index (Phi) is 3.54. The molecule has 0 unspecified atom stereocenters. The van der Waals surface area contributed by atoms with Crippen molar-refractivity contribution in [1.82, 2.24) is 13.9 Å². The van der Waals surface area contributed by atoms with Gasteiger partial charge in [-0.1, -0.05) is 0 Å². The fourth-order valence-electron chi connectivity index (χ4n) is 2.96. The van der Waals surface area contributed by atoms with Crippen molar-refractivity contribution in [1.29, 1.82) is 5.26 Å². The quantitative estimate of drug-likeness (QED) is 0.813. The Balaban J connectivity index is 1.62. The number of aryl methyl sites for hydroxylation is 1. The molecule has 1 aliphatic heterocycles. The van der Waals surface area contributed by atoms with Crippen LogP contribution in [0.5, 0.6) is 0 Å². The van der Waals surface area contributed by atoms with Crippen molar-refractivity contribution in [2.75, 3.05) is 19.3 Å². The Bertz CT molecular complexity index is 669. The zero-order chi connectivity index (χ0) is 15.1. The van der Waals surface area contributed by atoms with Gasteiger partial charge >= 0.3 is 0 Å². The third kappa shape index (κ3) is 2.97. The summed E-state index contributed by atoms with van der Waals surface area (Å²) in [5, 5.41) is 9.07. The first kappa shape index (κ1) is 14.5. The maximum absolute atomic E-state index is 12.4. The maximum atomic E-state index is 12.4. The molecule has 2 heterocycles. The van der Waals surface area contributed by atoms with Crippen molar-refractivity contribution in [2.24, 2.45) is 11.3 Å². The second-order valence-corrected chi connectivity index (χ2v) is 8.41. The summed E-state index contributed by atoms with van der Waals surface area (Å²) in [7, 11) is -1.71. The van der Waals surface area contributed by atoms with Crippen molar-refractivity contribution in [3.63, 3.8) is 0 Å². The number of aromatic nitrogens is 2. The summed E-state index contributed by atoms with van der Waals surface area (Å²) in [4.78, 5) is 4.28. The smallest absolute Gasteiger partial charge is 0.215 e. The zero-order valence-electron chi connectivity index (χ0n) is 12.2. The molecule has 21 heavy (non-hydrogen) atoms. The van der Waals surface area contributed by atoms with Crippen LogP contribution in [-0.2, 0) is 23.0 Å². The molecule has 6 nitrogen and oxygen atoms in total. The average molecular weight is 308 g/mol. The standard InChI is InChI=1S/C14H20N4O2S/c1-17(21(19,20)11-14(10-15)4-5-14)8-12-2-3-13-16-6-7-18(13)9-12/h6-7,12H,2-5,8-9,11H2,1H3/t12-/m0/s1. The number of nitrogens with zero attached hydrogens (tertiary/aromatic N) is 4. The molecule has 114 valence electrons. The molecule has 2 aliphatic rings. The van der Waals surface area contributed by atoms with Gasteiger partial charge in [0, 0.05) is 39.0 Å². The first-order chi connectivity index (χ1) is 9.94. The minimum Gasteiger partial charge on any atom is -0.335 e. The minimum atomic E-state index is -3.34. The van der Waals surface area contributed by atoms with Gasteiger partial charge in [0.1, 0.15) is 5.82 Å². The lowest BCUT2D eigenvalue weighted by molar-refractivity contribution is 0.302. The fraction of sp³-hybridized carbons (Fsp3) is 0.714. The molecule has 7 heteroatoms. The van der Waals surface area contributed by atoms with E-state index in [1.807, 2.05) is 6.20 Å². The molecule has 1 atom stereocenters. The monoisotopic (exact) mass is 308 g/mol. The average Bonchev–Trinajstić information content (AvgIpc) is 3.05. The molecule has 0 radical (unpaired) electrons. The van der Waals surface area contributed by atoms with Crippen LogP contribution in [0.25, 0.3) is 0 Å². The molecular formula is C14H20N4O2S. The highest BCUT2D eigenvalue weighted by molar-refractivity contribution is 7.89. The second kappa shape index (κ2) is 5.11. The van der Waals surface area contributed by atoms with Gasteiger partial charge in [0.2, 0.25) is 10.0 Å². The Morgan fingerprint density at radius 2 is 2.33 bits per heavy atom. The van der Waals surface area contributed by atoms with Crippen LogP contribution in [0.1, 0.15) is 25.1 Å². The van der Waals surface area contributed by atoms with E-state index in [9.17, 15) is 8.42 Å². The topological polar surface area (TPSA) is 79.0 Å². The van der Waals surface area contributed by atoms with E-state index in [1.165, 1.54) is 4.31 Å². The van der Waals surface area contributed by atoms with Gasteiger partial charge < -0.3 is 4.57 Å². The number of sulfonamides is 1. The number of hydrogen-bond acceptors (Lipinski definition) is 4. The molecule has 0 aromatic carbocycles. The van der Waals surface area contributed by atoms with Gasteiger partial charge in [-0.15, -0.1) is 0 Å². The van der Waals surface area contributed by atoms with Crippen molar-refractivity contribution in [3.8, 4) is 6.07 Å². The zero-order valence-corrected chi connectivity index (χ0v) is 13.0. The van der Waals surface area contributed by atoms with Gasteiger partial charge in [-0.25, -0.2) is 17.7 Å². The fourth-order valence-corrected chi connectivity index (χ4v) is 4.67. The van der Waals surface area contributed by atoms with Gasteiger partial charge in [0.15, 0.2) is 0 Å². The summed E-state index contributed by atoms with van der Waals surface area (Å²) in [6.07, 6.45) is 7.01. The summed E-state index contributed by atoms with van der Waals surface area (Å²) >= 11 is 0. The highest BCUT2D eigenvalue weighted by atomic mass is 32.2. The first-order valence-electron chi connectivity index (χ1n) is 7.29. The Hall–Kier alpha value is -1.39. The van der Waals surface area contributed by atoms with E-state index in [2.05, 4.69) is 15.6 Å². The summed E-state index contributed by atoms with van der Waals surface area (Å²) < 4.78 is 28.3. The largest absolute Gasteiger partial charge is 0.335 e. The number of rotatable bonds is 5. The molecule has 3 rings (SSSR count). The van der Waals surface area contributed by atoms with Crippen molar-refractivity contribution in [2.45, 2.75) is 32.2 Å². The van der Waals surface area contributed by atoms with Crippen molar-refractivity contribution < 1.29 is 8.42 Å². The highest BCUT2D eigenvalue weighted by Gasteiger charge is 2.47. The lowest BCUT2D eigenvalue weighted by Gasteiger charge is -2.28. The number of hydrogen-bond donors (Lipinski definition) is 0. The maximum Gasteiger partial charge on any atom is 0.215 e. The molecule has 1 fully saturated rings. The third-order valence-electron chi connectivity index (χ3n) is 4.57. The minimum absolute atomic E-state index is 0.0317. The molecule has 0 saturated heterocycles. The van der Waals surface area contributed by atoms with Crippen LogP contribution in [-0.4, -0.2) is 41.6 Å². The number of imidazole rings is 1. The summed E-state index contributed by atoms with van der Waals surface area (Å²) in [6.45, 7) is 1.33. The van der Waals surface area contributed by atoms with E-state index >= 15 is 0 Å². The van der Waals surface area contributed by atoms with Gasteiger partial charge in [0.25, 0.3) is 0 Å². The number of nitriles is 1. The molecular weight excluding hydrogens is 288 g/mol. The van der Waals surface area contributed by atoms with Gasteiger partial charge in [-0.05, 0) is 25.2 Å². The molecule has 1 aromatic rings. The Labute approximate surface area is 125 Å². The molecule has 1 aliphatic carbocycles. The molecule has 1 saturated carbocycles. The van der Waals surface area contributed by atoms with E-state index in [0.717, 1.165) is 25.2 Å². The predicted octanol–water partition coefficient (Wildman–Crippen LogP) is 1.01. The highest BCUT2D eigenvalue weighted by Crippen LogP contribution is 2.46. The van der Waals surface area contributed by atoms with Gasteiger partial charge in [0.05, 0.1) is 17.2 Å². The molecule has 0 spiro atoms. The molecule has 1 aromatic heterocycles. The van der Waals surface area contributed by atoms with Gasteiger partial charge in [-0.3, -0.25) is 0 Å². The van der Waals surface area contributed by atoms with E-state index in [0.29, 0.717) is 25.3 Å². The first-order valence-corrected chi connectivity index (χ1v) is 8.90. The summed E-state index contributed by atoms with van der Waals surface area (Å²) in [6, 6.07) is 2.16. The van der Waals surface area contributed by atoms with E-state index in [4.69, 9.17) is 5.26 Å². The number of fused-ring (bicyclic) bond motifs is 1. The third-order valence-corrected chi connectivity index (χ3v) is 6.59. The normalized spacial score (nSPS) is 23.6. The van der Waals surface area contributed by atoms with Crippen molar-refractivity contribution in [3.05, 3.63) is 18.2 Å². The van der Waals surface area contributed by atoms with E-state index < -0.39 is 15.4 Å². The van der Waals surface area contributed by atoms with Crippen LogP contribution in [0, 0.1) is 22.7 Å². The van der Waals surface area contributed by atoms with Crippen LogP contribution < -0.4 is 0 Å². The predicted molar refractivity (Wildman–Crippen MR) is 77.7 cm³/mol. The lowest BCUT2D eigenvalue weighted by Crippen LogP contribution is -2.38. The van der Waals surface area contributed by atoms with E-state index in [1.54, 1.807) is 13.2 Å². The van der Waals surface area contributed by atoms with E-state index in [-0.39, 0.29) is 5.75 Å². The van der Waals surface area contributed by atoms with Crippen LogP contribution in [0.15, 0.2) is 12.4 Å². The summed E-state index contributed by atoms with van der Waals surface area (Å²) in [5.41, 5.74) is -0.614. The SMILES string of the molecule is CN(C[C@@H]1CCc2nccn2C1)S(=O)(=O)CC1(C#N)CC1. The Morgan fingerprint density at radius 1 is 1.57 bits per heavy atom. The molecule has 0 N–H and O–H groups in total. The Morgan fingerprint density at radius 3 is 3.00 bits per heavy atom. The second-order valence-electron chi connectivity index (χ2n) is 6.33. The van der Waals surface area contributed by atoms with Crippen LogP contribution in [0.2, 0.25) is 0 Å². The van der Waals surface area contributed by atoms with Crippen LogP contribution in [0.3, 0.4) is 0 Å².